The zero-order valence-corrected chi connectivity index (χ0v) is 11.0. The van der Waals surface area contributed by atoms with Crippen molar-refractivity contribution in [2.24, 2.45) is 0 Å². The molecule has 0 spiro atoms. The Morgan fingerprint density at radius 3 is 3.06 bits per heavy atom. The molecular formula is C12H13BrFN3. The fraction of sp³-hybridized carbons (Fsp3) is 0.250. The highest BCUT2D eigenvalue weighted by molar-refractivity contribution is 9.10. The van der Waals surface area contributed by atoms with Crippen molar-refractivity contribution >= 4 is 21.9 Å². The summed E-state index contributed by atoms with van der Waals surface area (Å²) in [6, 6.07) is 4.58. The lowest BCUT2D eigenvalue weighted by molar-refractivity contribution is 0.626. The van der Waals surface area contributed by atoms with Gasteiger partial charge in [-0.1, -0.05) is 6.92 Å². The molecule has 0 saturated heterocycles. The van der Waals surface area contributed by atoms with E-state index in [1.807, 2.05) is 4.57 Å². The summed E-state index contributed by atoms with van der Waals surface area (Å²) in [6.07, 6.45) is 4.50. The quantitative estimate of drug-likeness (QED) is 0.934. The van der Waals surface area contributed by atoms with Crippen LogP contribution in [0.3, 0.4) is 0 Å². The summed E-state index contributed by atoms with van der Waals surface area (Å²) in [5.41, 5.74) is 0.737. The molecule has 5 heteroatoms. The molecule has 0 amide bonds. The molecule has 90 valence electrons. The molecule has 0 fully saturated rings. The van der Waals surface area contributed by atoms with Crippen LogP contribution in [0.15, 0.2) is 35.1 Å². The van der Waals surface area contributed by atoms with Crippen LogP contribution in [0.4, 0.5) is 10.3 Å². The third-order valence-electron chi connectivity index (χ3n) is 2.34. The molecule has 1 aromatic heterocycles. The van der Waals surface area contributed by atoms with Gasteiger partial charge in [0, 0.05) is 23.4 Å². The monoisotopic (exact) mass is 297 g/mol. The summed E-state index contributed by atoms with van der Waals surface area (Å²) in [5, 5.41) is 3.20. The van der Waals surface area contributed by atoms with Crippen LogP contribution in [0.25, 0.3) is 5.69 Å². The highest BCUT2D eigenvalue weighted by atomic mass is 79.9. The minimum Gasteiger partial charge on any atom is -0.355 e. The number of hydrogen-bond donors (Lipinski definition) is 1. The van der Waals surface area contributed by atoms with Gasteiger partial charge in [-0.15, -0.1) is 0 Å². The lowest BCUT2D eigenvalue weighted by Gasteiger charge is -2.10. The van der Waals surface area contributed by atoms with Crippen molar-refractivity contribution in [3.05, 3.63) is 40.9 Å². The van der Waals surface area contributed by atoms with Crippen molar-refractivity contribution in [1.29, 1.82) is 0 Å². The van der Waals surface area contributed by atoms with E-state index in [0.717, 1.165) is 29.1 Å². The maximum atomic E-state index is 13.2. The molecule has 0 atom stereocenters. The fourth-order valence-corrected chi connectivity index (χ4v) is 1.97. The third-order valence-corrected chi connectivity index (χ3v) is 3.01. The molecule has 0 unspecified atom stereocenters. The van der Waals surface area contributed by atoms with E-state index in [2.05, 4.69) is 33.2 Å². The molecule has 1 heterocycles. The van der Waals surface area contributed by atoms with Gasteiger partial charge < -0.3 is 5.32 Å². The molecule has 0 aliphatic rings. The molecule has 1 aromatic carbocycles. The van der Waals surface area contributed by atoms with E-state index >= 15 is 0 Å². The lowest BCUT2D eigenvalue weighted by Crippen LogP contribution is -2.07. The standard InChI is InChI=1S/C12H13BrFN3/c1-2-5-15-12-16-6-7-17(12)11-8-9(14)3-4-10(11)13/h3-4,6-8H,2,5H2,1H3,(H,15,16). The minimum atomic E-state index is -0.265. The van der Waals surface area contributed by atoms with Crippen LogP contribution in [0.5, 0.6) is 0 Å². The number of nitrogens with one attached hydrogen (secondary N) is 1. The van der Waals surface area contributed by atoms with E-state index in [4.69, 9.17) is 0 Å². The highest BCUT2D eigenvalue weighted by Gasteiger charge is 2.08. The molecular weight excluding hydrogens is 285 g/mol. The van der Waals surface area contributed by atoms with E-state index in [0.29, 0.717) is 0 Å². The van der Waals surface area contributed by atoms with Crippen LogP contribution in [-0.2, 0) is 0 Å². The van der Waals surface area contributed by atoms with E-state index in [1.165, 1.54) is 12.1 Å². The highest BCUT2D eigenvalue weighted by Crippen LogP contribution is 2.24. The molecule has 0 aliphatic carbocycles. The van der Waals surface area contributed by atoms with Gasteiger partial charge in [0.2, 0.25) is 5.95 Å². The second-order valence-corrected chi connectivity index (χ2v) is 4.50. The Hall–Kier alpha value is -1.36. The summed E-state index contributed by atoms with van der Waals surface area (Å²) in [6.45, 7) is 2.92. The average molecular weight is 298 g/mol. The van der Waals surface area contributed by atoms with Gasteiger partial charge in [-0.05, 0) is 40.5 Å². The number of benzene rings is 1. The van der Waals surface area contributed by atoms with Crippen LogP contribution in [0.2, 0.25) is 0 Å². The summed E-state index contributed by atoms with van der Waals surface area (Å²) < 4.78 is 15.9. The normalized spacial score (nSPS) is 10.5. The topological polar surface area (TPSA) is 29.9 Å². The van der Waals surface area contributed by atoms with Crippen LogP contribution in [0.1, 0.15) is 13.3 Å². The van der Waals surface area contributed by atoms with Gasteiger partial charge in [0.1, 0.15) is 5.82 Å². The number of anilines is 1. The largest absolute Gasteiger partial charge is 0.355 e. The van der Waals surface area contributed by atoms with Crippen molar-refractivity contribution in [1.82, 2.24) is 9.55 Å². The zero-order valence-electron chi connectivity index (χ0n) is 9.45. The van der Waals surface area contributed by atoms with Crippen molar-refractivity contribution in [3.63, 3.8) is 0 Å². The van der Waals surface area contributed by atoms with Crippen LogP contribution in [-0.4, -0.2) is 16.1 Å². The Labute approximate surface area is 108 Å². The first-order valence-corrected chi connectivity index (χ1v) is 6.24. The summed E-state index contributed by atoms with van der Waals surface area (Å²) in [7, 11) is 0. The van der Waals surface area contributed by atoms with Gasteiger partial charge in [0.25, 0.3) is 0 Å². The Morgan fingerprint density at radius 1 is 1.47 bits per heavy atom. The van der Waals surface area contributed by atoms with Crippen LogP contribution >= 0.6 is 15.9 Å². The van der Waals surface area contributed by atoms with Gasteiger partial charge in [0.15, 0.2) is 0 Å². The second kappa shape index (κ2) is 5.31. The first-order chi connectivity index (χ1) is 8.22. The van der Waals surface area contributed by atoms with Crippen molar-refractivity contribution in [3.8, 4) is 5.69 Å². The minimum absolute atomic E-state index is 0.265. The number of hydrogen-bond acceptors (Lipinski definition) is 2. The number of nitrogens with zero attached hydrogens (tertiary/aromatic N) is 2. The molecule has 0 radical (unpaired) electrons. The maximum absolute atomic E-state index is 13.2. The first kappa shape index (κ1) is 12.1. The summed E-state index contributed by atoms with van der Waals surface area (Å²) in [5.74, 6) is 0.455. The Balaban J connectivity index is 2.38. The Bertz CT molecular complexity index is 510. The summed E-state index contributed by atoms with van der Waals surface area (Å²) in [4.78, 5) is 4.21. The summed E-state index contributed by atoms with van der Waals surface area (Å²) >= 11 is 3.41. The molecule has 0 bridgehead atoms. The van der Waals surface area contributed by atoms with E-state index < -0.39 is 0 Å². The molecule has 1 N–H and O–H groups in total. The average Bonchev–Trinajstić information content (AvgIpc) is 2.77. The predicted molar refractivity (Wildman–Crippen MR) is 70.0 cm³/mol. The first-order valence-electron chi connectivity index (χ1n) is 5.45. The number of rotatable bonds is 4. The van der Waals surface area contributed by atoms with Crippen molar-refractivity contribution in [2.75, 3.05) is 11.9 Å². The number of aromatic nitrogens is 2. The van der Waals surface area contributed by atoms with Gasteiger partial charge in [0.05, 0.1) is 5.69 Å². The van der Waals surface area contributed by atoms with Crippen LogP contribution in [0, 0.1) is 5.82 Å². The predicted octanol–water partition coefficient (Wildman–Crippen LogP) is 3.60. The number of imidazole rings is 1. The van der Waals surface area contributed by atoms with Gasteiger partial charge >= 0.3 is 0 Å². The third kappa shape index (κ3) is 2.66. The lowest BCUT2D eigenvalue weighted by atomic mass is 10.3. The smallest absolute Gasteiger partial charge is 0.207 e. The molecule has 0 saturated carbocycles. The van der Waals surface area contributed by atoms with Gasteiger partial charge in [-0.3, -0.25) is 4.57 Å². The fourth-order valence-electron chi connectivity index (χ4n) is 1.54. The molecule has 0 aliphatic heterocycles. The zero-order chi connectivity index (χ0) is 12.3. The molecule has 2 rings (SSSR count). The Kier molecular flexibility index (Phi) is 3.78. The molecule has 3 nitrogen and oxygen atoms in total. The van der Waals surface area contributed by atoms with E-state index in [9.17, 15) is 4.39 Å². The maximum Gasteiger partial charge on any atom is 0.207 e. The molecule has 17 heavy (non-hydrogen) atoms. The van der Waals surface area contributed by atoms with Crippen molar-refractivity contribution < 1.29 is 4.39 Å². The number of halogens is 2. The van der Waals surface area contributed by atoms with E-state index in [-0.39, 0.29) is 5.82 Å². The molecule has 2 aromatic rings. The second-order valence-electron chi connectivity index (χ2n) is 3.64. The van der Waals surface area contributed by atoms with Gasteiger partial charge in [-0.25, -0.2) is 9.37 Å². The SMILES string of the molecule is CCCNc1nccn1-c1cc(F)ccc1Br. The Morgan fingerprint density at radius 2 is 2.29 bits per heavy atom. The van der Waals surface area contributed by atoms with Crippen LogP contribution < -0.4 is 5.32 Å². The van der Waals surface area contributed by atoms with E-state index in [1.54, 1.807) is 18.5 Å². The van der Waals surface area contributed by atoms with Crippen molar-refractivity contribution in [2.45, 2.75) is 13.3 Å². The van der Waals surface area contributed by atoms with Gasteiger partial charge in [-0.2, -0.15) is 0 Å².